The molecular weight excluding hydrogens is 526 g/mol. The molecule has 39 heavy (non-hydrogen) atoms. The van der Waals surface area contributed by atoms with Gasteiger partial charge >= 0.3 is 5.97 Å². The lowest BCUT2D eigenvalue weighted by atomic mass is 10.0. The quantitative estimate of drug-likeness (QED) is 0.0667. The number of phenolic OH excluding ortho intramolecular Hbond substituents is 1. The summed E-state index contributed by atoms with van der Waals surface area (Å²) in [6, 6.07) is 2.13. The predicted molar refractivity (Wildman–Crippen MR) is 151 cm³/mol. The van der Waals surface area contributed by atoms with Gasteiger partial charge in [-0.25, -0.2) is 4.79 Å². The summed E-state index contributed by atoms with van der Waals surface area (Å²) >= 11 is 1.46. The third-order valence-corrected chi connectivity index (χ3v) is 6.42. The second-order valence-electron chi connectivity index (χ2n) is 9.40. The second-order valence-corrected chi connectivity index (χ2v) is 10.4. The molecule has 0 fully saturated rings. The van der Waals surface area contributed by atoms with Crippen molar-refractivity contribution >= 4 is 41.4 Å². The lowest BCUT2D eigenvalue weighted by Crippen LogP contribution is -2.58. The lowest BCUT2D eigenvalue weighted by molar-refractivity contribution is -0.142. The number of aromatic hydroxyl groups is 1. The van der Waals surface area contributed by atoms with Gasteiger partial charge in [0.2, 0.25) is 17.7 Å². The van der Waals surface area contributed by atoms with Crippen molar-refractivity contribution in [3.05, 3.63) is 29.8 Å². The van der Waals surface area contributed by atoms with Gasteiger partial charge in [0.25, 0.3) is 0 Å². The van der Waals surface area contributed by atoms with Crippen molar-refractivity contribution in [2.45, 2.75) is 63.7 Å². The first kappa shape index (κ1) is 33.5. The number of hydrogen-bond acceptors (Lipinski definition) is 8. The van der Waals surface area contributed by atoms with Gasteiger partial charge in [0.1, 0.15) is 23.9 Å². The Morgan fingerprint density at radius 1 is 0.949 bits per heavy atom. The second kappa shape index (κ2) is 17.1. The molecule has 11 N–H and O–H groups in total. The van der Waals surface area contributed by atoms with Crippen LogP contribution in [0.5, 0.6) is 5.75 Å². The highest BCUT2D eigenvalue weighted by atomic mass is 32.2. The number of carboxylic acid groups (broad SMARTS) is 1. The van der Waals surface area contributed by atoms with E-state index >= 15 is 0 Å². The number of thioether (sulfide) groups is 1. The molecule has 3 amide bonds. The highest BCUT2D eigenvalue weighted by Crippen LogP contribution is 2.12. The average Bonchev–Trinajstić information content (AvgIpc) is 2.87. The number of nitrogens with one attached hydrogen (secondary N) is 3. The van der Waals surface area contributed by atoms with Gasteiger partial charge in [0.05, 0.1) is 6.04 Å². The van der Waals surface area contributed by atoms with E-state index in [1.54, 1.807) is 26.0 Å². The van der Waals surface area contributed by atoms with Crippen LogP contribution in [0.4, 0.5) is 0 Å². The molecule has 0 saturated heterocycles. The van der Waals surface area contributed by atoms with Gasteiger partial charge in [-0.1, -0.05) is 26.0 Å². The fraction of sp³-hybridized carbons (Fsp3) is 0.560. The molecule has 0 heterocycles. The Morgan fingerprint density at radius 3 is 2.10 bits per heavy atom. The Morgan fingerprint density at radius 2 is 1.56 bits per heavy atom. The van der Waals surface area contributed by atoms with Crippen LogP contribution in [-0.4, -0.2) is 82.6 Å². The molecule has 4 unspecified atom stereocenters. The molecule has 4 atom stereocenters. The molecule has 0 aliphatic carbocycles. The van der Waals surface area contributed by atoms with E-state index in [-0.39, 0.29) is 43.4 Å². The number of carbonyl (C=O) groups excluding carboxylic acids is 3. The molecule has 0 radical (unpaired) electrons. The predicted octanol–water partition coefficient (Wildman–Crippen LogP) is -0.736. The molecule has 1 aromatic carbocycles. The van der Waals surface area contributed by atoms with Crippen molar-refractivity contribution < 1.29 is 29.4 Å². The molecule has 0 saturated carbocycles. The van der Waals surface area contributed by atoms with Gasteiger partial charge in [-0.3, -0.25) is 19.4 Å². The number of phenols is 1. The van der Waals surface area contributed by atoms with Crippen molar-refractivity contribution in [3.63, 3.8) is 0 Å². The van der Waals surface area contributed by atoms with E-state index in [0.29, 0.717) is 12.2 Å². The van der Waals surface area contributed by atoms with E-state index in [1.165, 1.54) is 23.9 Å². The van der Waals surface area contributed by atoms with Gasteiger partial charge in [-0.05, 0) is 61.3 Å². The number of nitrogens with two attached hydrogens (primary N) is 3. The summed E-state index contributed by atoms with van der Waals surface area (Å²) in [6.07, 6.45) is 2.69. The number of aliphatic carboxylic acids is 1. The maximum atomic E-state index is 13.2. The fourth-order valence-corrected chi connectivity index (χ4v) is 4.04. The number of benzene rings is 1. The number of carbonyl (C=O) groups is 4. The van der Waals surface area contributed by atoms with Crippen molar-refractivity contribution in [2.75, 3.05) is 18.6 Å². The molecule has 0 aliphatic rings. The van der Waals surface area contributed by atoms with E-state index in [0.717, 1.165) is 5.56 Å². The van der Waals surface area contributed by atoms with Crippen LogP contribution in [0.15, 0.2) is 29.3 Å². The SMILES string of the molecule is CSCCC(NC(=O)C(NC(=O)C(N)Cc1ccc(O)cc1)C(C)C)C(=O)NC(CCCN=C(N)N)C(=O)O. The first-order valence-electron chi connectivity index (χ1n) is 12.6. The highest BCUT2D eigenvalue weighted by molar-refractivity contribution is 7.98. The van der Waals surface area contributed by atoms with Crippen LogP contribution in [0.25, 0.3) is 0 Å². The maximum Gasteiger partial charge on any atom is 0.326 e. The minimum absolute atomic E-state index is 0.0879. The van der Waals surface area contributed by atoms with Gasteiger partial charge in [-0.15, -0.1) is 0 Å². The lowest BCUT2D eigenvalue weighted by Gasteiger charge is -2.27. The number of carboxylic acids is 1. The number of nitrogens with zero attached hydrogens (tertiary/aromatic N) is 1. The largest absolute Gasteiger partial charge is 0.508 e. The smallest absolute Gasteiger partial charge is 0.326 e. The van der Waals surface area contributed by atoms with E-state index < -0.39 is 47.9 Å². The average molecular weight is 568 g/mol. The number of guanidine groups is 1. The van der Waals surface area contributed by atoms with Crippen molar-refractivity contribution in [3.8, 4) is 5.75 Å². The minimum atomic E-state index is -1.22. The summed E-state index contributed by atoms with van der Waals surface area (Å²) in [5.41, 5.74) is 17.3. The van der Waals surface area contributed by atoms with E-state index in [9.17, 15) is 29.4 Å². The number of hydrogen-bond donors (Lipinski definition) is 8. The Balaban J connectivity index is 2.88. The topological polar surface area (TPSA) is 235 Å². The van der Waals surface area contributed by atoms with Gasteiger partial charge in [-0.2, -0.15) is 11.8 Å². The molecule has 0 aromatic heterocycles. The summed E-state index contributed by atoms with van der Waals surface area (Å²) < 4.78 is 0. The third kappa shape index (κ3) is 12.7. The zero-order valence-electron chi connectivity index (χ0n) is 22.6. The maximum absolute atomic E-state index is 13.2. The van der Waals surface area contributed by atoms with E-state index in [4.69, 9.17) is 17.2 Å². The van der Waals surface area contributed by atoms with E-state index in [2.05, 4.69) is 20.9 Å². The number of amides is 3. The zero-order chi connectivity index (χ0) is 29.5. The third-order valence-electron chi connectivity index (χ3n) is 5.78. The Bertz CT molecular complexity index is 986. The van der Waals surface area contributed by atoms with Gasteiger partial charge in [0, 0.05) is 6.54 Å². The molecular formula is C25H41N7O6S. The van der Waals surface area contributed by atoms with Crippen LogP contribution in [0, 0.1) is 5.92 Å². The molecule has 1 rings (SSSR count). The summed E-state index contributed by atoms with van der Waals surface area (Å²) in [5, 5.41) is 26.8. The van der Waals surface area contributed by atoms with Crippen LogP contribution in [-0.2, 0) is 25.6 Å². The monoisotopic (exact) mass is 567 g/mol. The van der Waals surface area contributed by atoms with Crippen molar-refractivity contribution in [2.24, 2.45) is 28.1 Å². The Labute approximate surface area is 232 Å². The fourth-order valence-electron chi connectivity index (χ4n) is 3.57. The molecule has 218 valence electrons. The first-order chi connectivity index (χ1) is 18.3. The van der Waals surface area contributed by atoms with Crippen LogP contribution in [0.2, 0.25) is 0 Å². The van der Waals surface area contributed by atoms with Crippen LogP contribution >= 0.6 is 11.8 Å². The number of aliphatic imine (C=N–C) groups is 1. The summed E-state index contributed by atoms with van der Waals surface area (Å²) in [4.78, 5) is 54.4. The summed E-state index contributed by atoms with van der Waals surface area (Å²) in [7, 11) is 0. The zero-order valence-corrected chi connectivity index (χ0v) is 23.4. The summed E-state index contributed by atoms with van der Waals surface area (Å²) in [5.74, 6) is -2.84. The van der Waals surface area contributed by atoms with Crippen molar-refractivity contribution in [1.82, 2.24) is 16.0 Å². The van der Waals surface area contributed by atoms with E-state index in [1.807, 2.05) is 6.26 Å². The van der Waals surface area contributed by atoms with Crippen molar-refractivity contribution in [1.29, 1.82) is 0 Å². The minimum Gasteiger partial charge on any atom is -0.508 e. The molecule has 0 bridgehead atoms. The van der Waals surface area contributed by atoms with Gasteiger partial charge < -0.3 is 43.4 Å². The summed E-state index contributed by atoms with van der Waals surface area (Å²) in [6.45, 7) is 3.69. The number of rotatable bonds is 17. The standard InChI is InChI=1S/C25H41N7O6S/c1-14(2)20(32-21(34)17(26)13-15-6-8-16(33)9-7-15)23(36)30-18(10-12-39-3)22(35)31-19(24(37)38)5-4-11-29-25(27)28/h6-9,14,17-20,33H,4-5,10-13,26H2,1-3H3,(H,30,36)(H,31,35)(H,32,34)(H,37,38)(H4,27,28,29). The molecule has 1 aromatic rings. The normalized spacial score (nSPS) is 14.0. The molecule has 0 spiro atoms. The molecule has 14 heteroatoms. The van der Waals surface area contributed by atoms with Crippen LogP contribution in [0.1, 0.15) is 38.7 Å². The first-order valence-corrected chi connectivity index (χ1v) is 14.0. The highest BCUT2D eigenvalue weighted by Gasteiger charge is 2.31. The Kier molecular flexibility index (Phi) is 14.7. The van der Waals surface area contributed by atoms with Crippen LogP contribution in [0.3, 0.4) is 0 Å². The molecule has 13 nitrogen and oxygen atoms in total. The van der Waals surface area contributed by atoms with Crippen LogP contribution < -0.4 is 33.2 Å². The molecule has 0 aliphatic heterocycles. The van der Waals surface area contributed by atoms with Gasteiger partial charge in [0.15, 0.2) is 5.96 Å². The Hall–Kier alpha value is -3.52.